The molecule has 2 aliphatic heterocycles. The monoisotopic (exact) mass is 428 g/mol. The zero-order valence-corrected chi connectivity index (χ0v) is 18.8. The molecule has 1 aromatic carbocycles. The number of piperazine rings is 1. The summed E-state index contributed by atoms with van der Waals surface area (Å²) in [6.45, 7) is 9.95. The molecule has 0 aliphatic carbocycles. The molecule has 0 spiro atoms. The highest BCUT2D eigenvalue weighted by atomic mass is 19.1. The van der Waals surface area contributed by atoms with Gasteiger partial charge in [0.15, 0.2) is 5.96 Å². The van der Waals surface area contributed by atoms with Gasteiger partial charge in [-0.05, 0) is 36.5 Å². The van der Waals surface area contributed by atoms with E-state index < -0.39 is 0 Å². The van der Waals surface area contributed by atoms with E-state index in [0.29, 0.717) is 35.5 Å². The van der Waals surface area contributed by atoms with Gasteiger partial charge >= 0.3 is 0 Å². The quantitative estimate of drug-likeness (QED) is 0.586. The third kappa shape index (κ3) is 6.17. The first-order valence-corrected chi connectivity index (χ1v) is 11.0. The van der Waals surface area contributed by atoms with E-state index in [4.69, 9.17) is 5.26 Å². The summed E-state index contributed by atoms with van der Waals surface area (Å²) in [7, 11) is 1.71. The molecule has 1 aromatic rings. The second-order valence-electron chi connectivity index (χ2n) is 8.83. The van der Waals surface area contributed by atoms with Crippen LogP contribution in [0.15, 0.2) is 23.2 Å². The number of nitrogens with one attached hydrogen (secondary N) is 1. The molecule has 2 saturated heterocycles. The van der Waals surface area contributed by atoms with Crippen molar-refractivity contribution in [3.05, 3.63) is 35.1 Å². The van der Waals surface area contributed by atoms with E-state index in [0.717, 1.165) is 39.3 Å². The Morgan fingerprint density at radius 2 is 1.87 bits per heavy atom. The number of likely N-dealkylation sites (tertiary alicyclic amines) is 1. The maximum atomic E-state index is 14.0. The van der Waals surface area contributed by atoms with Gasteiger partial charge in [-0.2, -0.15) is 5.26 Å². The van der Waals surface area contributed by atoms with Crippen LogP contribution in [0.2, 0.25) is 0 Å². The van der Waals surface area contributed by atoms with Gasteiger partial charge in [0.1, 0.15) is 5.82 Å². The number of amides is 1. The highest BCUT2D eigenvalue weighted by Gasteiger charge is 2.28. The maximum absolute atomic E-state index is 14.0. The van der Waals surface area contributed by atoms with Crippen LogP contribution in [0, 0.1) is 29.0 Å². The van der Waals surface area contributed by atoms with Gasteiger partial charge in [-0.1, -0.05) is 13.8 Å². The number of aliphatic imine (C=N–C) groups is 1. The minimum absolute atomic E-state index is 0.224. The van der Waals surface area contributed by atoms with E-state index in [2.05, 4.69) is 34.0 Å². The Bertz CT molecular complexity index is 833. The first kappa shape index (κ1) is 23.0. The number of guanidine groups is 1. The van der Waals surface area contributed by atoms with E-state index in [1.165, 1.54) is 18.6 Å². The van der Waals surface area contributed by atoms with Gasteiger partial charge in [-0.3, -0.25) is 14.7 Å². The Morgan fingerprint density at radius 1 is 1.19 bits per heavy atom. The molecule has 8 heteroatoms. The number of nitriles is 1. The van der Waals surface area contributed by atoms with Gasteiger partial charge in [-0.15, -0.1) is 0 Å². The predicted octanol–water partition coefficient (Wildman–Crippen LogP) is 1.89. The minimum Gasteiger partial charge on any atom is -0.352 e. The van der Waals surface area contributed by atoms with Gasteiger partial charge in [0.25, 0.3) is 0 Å². The van der Waals surface area contributed by atoms with Crippen molar-refractivity contribution >= 4 is 11.9 Å². The lowest BCUT2D eigenvalue weighted by atomic mass is 9.92. The van der Waals surface area contributed by atoms with Gasteiger partial charge < -0.3 is 15.1 Å². The van der Waals surface area contributed by atoms with Crippen molar-refractivity contribution in [3.8, 4) is 6.07 Å². The van der Waals surface area contributed by atoms with Crippen LogP contribution in [0.25, 0.3) is 0 Å². The highest BCUT2D eigenvalue weighted by Crippen LogP contribution is 2.21. The van der Waals surface area contributed by atoms with Crippen molar-refractivity contribution in [2.24, 2.45) is 16.8 Å². The van der Waals surface area contributed by atoms with Crippen molar-refractivity contribution < 1.29 is 9.18 Å². The SMILES string of the molecule is CN=C(NCc1cc(C#N)ccc1F)N1CCN(CC(=O)N2CC(C)CC(C)C2)CC1. The predicted molar refractivity (Wildman–Crippen MR) is 119 cm³/mol. The Hall–Kier alpha value is -2.66. The van der Waals surface area contributed by atoms with Gasteiger partial charge in [0.05, 0.1) is 18.2 Å². The fraction of sp³-hybridized carbons (Fsp3) is 0.609. The maximum Gasteiger partial charge on any atom is 0.236 e. The summed E-state index contributed by atoms with van der Waals surface area (Å²) >= 11 is 0. The summed E-state index contributed by atoms with van der Waals surface area (Å²) in [5.41, 5.74) is 0.874. The number of halogens is 1. The van der Waals surface area contributed by atoms with E-state index >= 15 is 0 Å². The van der Waals surface area contributed by atoms with Crippen molar-refractivity contribution in [3.63, 3.8) is 0 Å². The van der Waals surface area contributed by atoms with Gasteiger partial charge in [0.2, 0.25) is 5.91 Å². The minimum atomic E-state index is -0.341. The third-order valence-electron chi connectivity index (χ3n) is 6.08. The second kappa shape index (κ2) is 10.6. The molecule has 2 unspecified atom stereocenters. The average molecular weight is 429 g/mol. The lowest BCUT2D eigenvalue weighted by molar-refractivity contribution is -0.135. The Labute approximate surface area is 184 Å². The summed E-state index contributed by atoms with van der Waals surface area (Å²) in [6.07, 6.45) is 1.19. The first-order chi connectivity index (χ1) is 14.9. The largest absolute Gasteiger partial charge is 0.352 e. The van der Waals surface area contributed by atoms with Crippen LogP contribution in [0.1, 0.15) is 31.4 Å². The topological polar surface area (TPSA) is 75.0 Å². The molecular formula is C23H33FN6O. The molecule has 168 valence electrons. The lowest BCUT2D eigenvalue weighted by Gasteiger charge is -2.39. The normalized spacial score (nSPS) is 22.9. The van der Waals surface area contributed by atoms with Crippen LogP contribution in [0.5, 0.6) is 0 Å². The molecule has 3 rings (SSSR count). The molecule has 1 N–H and O–H groups in total. The van der Waals surface area contributed by atoms with E-state index in [1.807, 2.05) is 11.0 Å². The molecule has 31 heavy (non-hydrogen) atoms. The van der Waals surface area contributed by atoms with Crippen molar-refractivity contribution in [1.82, 2.24) is 20.0 Å². The number of hydrogen-bond donors (Lipinski definition) is 1. The summed E-state index contributed by atoms with van der Waals surface area (Å²) in [5.74, 6) is 1.72. The van der Waals surface area contributed by atoms with Crippen molar-refractivity contribution in [2.45, 2.75) is 26.8 Å². The summed E-state index contributed by atoms with van der Waals surface area (Å²) in [4.78, 5) is 23.4. The molecule has 0 bridgehead atoms. The van der Waals surface area contributed by atoms with Gasteiger partial charge in [0, 0.05) is 58.4 Å². The Kier molecular flexibility index (Phi) is 7.85. The molecule has 2 aliphatic rings. The van der Waals surface area contributed by atoms with E-state index in [-0.39, 0.29) is 18.3 Å². The lowest BCUT2D eigenvalue weighted by Crippen LogP contribution is -2.55. The number of hydrogen-bond acceptors (Lipinski definition) is 4. The fourth-order valence-corrected chi connectivity index (χ4v) is 4.56. The number of carbonyl (C=O) groups excluding carboxylic acids is 1. The summed E-state index contributed by atoms with van der Waals surface area (Å²) < 4.78 is 14.0. The standard InChI is InChI=1S/C23H33FN6O/c1-17-10-18(2)15-30(14-17)22(31)16-28-6-8-29(9-7-28)23(26-3)27-13-20-11-19(12-25)4-5-21(20)24/h4-5,11,17-18H,6-10,13-16H2,1-3H3,(H,26,27). The number of benzene rings is 1. The van der Waals surface area contributed by atoms with Crippen molar-refractivity contribution in [1.29, 1.82) is 5.26 Å². The van der Waals surface area contributed by atoms with Crippen LogP contribution in [0.4, 0.5) is 4.39 Å². The smallest absolute Gasteiger partial charge is 0.236 e. The van der Waals surface area contributed by atoms with E-state index in [9.17, 15) is 9.18 Å². The van der Waals surface area contributed by atoms with Crippen LogP contribution < -0.4 is 5.32 Å². The average Bonchev–Trinajstić information content (AvgIpc) is 2.75. The molecule has 2 atom stereocenters. The van der Waals surface area contributed by atoms with Crippen molar-refractivity contribution in [2.75, 3.05) is 52.9 Å². The first-order valence-electron chi connectivity index (χ1n) is 11.0. The fourth-order valence-electron chi connectivity index (χ4n) is 4.56. The highest BCUT2D eigenvalue weighted by molar-refractivity contribution is 5.80. The Balaban J connectivity index is 1.48. The third-order valence-corrected chi connectivity index (χ3v) is 6.08. The second-order valence-corrected chi connectivity index (χ2v) is 8.83. The number of rotatable bonds is 4. The number of piperidine rings is 1. The Morgan fingerprint density at radius 3 is 2.48 bits per heavy atom. The van der Waals surface area contributed by atoms with E-state index in [1.54, 1.807) is 13.1 Å². The number of nitrogens with zero attached hydrogens (tertiary/aromatic N) is 5. The molecule has 7 nitrogen and oxygen atoms in total. The molecule has 2 fully saturated rings. The molecule has 0 aromatic heterocycles. The molecule has 0 saturated carbocycles. The molecule has 2 heterocycles. The summed E-state index contributed by atoms with van der Waals surface area (Å²) in [6, 6.07) is 6.38. The number of carbonyl (C=O) groups is 1. The van der Waals surface area contributed by atoms with Crippen LogP contribution in [-0.4, -0.2) is 79.4 Å². The van der Waals surface area contributed by atoms with Gasteiger partial charge in [-0.25, -0.2) is 4.39 Å². The molecule has 0 radical (unpaired) electrons. The van der Waals surface area contributed by atoms with Crippen LogP contribution in [-0.2, 0) is 11.3 Å². The molecule has 1 amide bonds. The van der Waals surface area contributed by atoms with Crippen LogP contribution >= 0.6 is 0 Å². The van der Waals surface area contributed by atoms with Crippen LogP contribution in [0.3, 0.4) is 0 Å². The molecular weight excluding hydrogens is 395 g/mol. The summed E-state index contributed by atoms with van der Waals surface area (Å²) in [5, 5.41) is 12.2. The zero-order valence-electron chi connectivity index (χ0n) is 18.8. The zero-order chi connectivity index (χ0) is 22.4.